The third-order valence-corrected chi connectivity index (χ3v) is 2.98. The maximum Gasteiger partial charge on any atom is 0.328 e. The van der Waals surface area contributed by atoms with E-state index in [4.69, 9.17) is 5.73 Å². The van der Waals surface area contributed by atoms with Crippen molar-refractivity contribution in [1.82, 2.24) is 5.32 Å². The van der Waals surface area contributed by atoms with E-state index < -0.39 is 12.0 Å². The van der Waals surface area contributed by atoms with Crippen LogP contribution in [0, 0.1) is 12.8 Å². The molecule has 0 fully saturated rings. The zero-order valence-corrected chi connectivity index (χ0v) is 11.7. The van der Waals surface area contributed by atoms with E-state index in [1.165, 1.54) is 7.11 Å². The molecule has 1 aromatic carbocycles. The second kappa shape index (κ2) is 6.22. The molecule has 1 rings (SSSR count). The van der Waals surface area contributed by atoms with Gasteiger partial charge in [0.25, 0.3) is 5.91 Å². The van der Waals surface area contributed by atoms with Crippen molar-refractivity contribution < 1.29 is 14.3 Å². The molecule has 0 aliphatic carbocycles. The summed E-state index contributed by atoms with van der Waals surface area (Å²) in [6.45, 7) is 5.50. The van der Waals surface area contributed by atoms with Crippen molar-refractivity contribution in [2.75, 3.05) is 12.8 Å². The molecule has 104 valence electrons. The Morgan fingerprint density at radius 2 is 1.95 bits per heavy atom. The molecule has 19 heavy (non-hydrogen) atoms. The van der Waals surface area contributed by atoms with Crippen molar-refractivity contribution in [3.63, 3.8) is 0 Å². The smallest absolute Gasteiger partial charge is 0.328 e. The van der Waals surface area contributed by atoms with Crippen molar-refractivity contribution >= 4 is 17.6 Å². The Kier molecular flexibility index (Phi) is 4.92. The van der Waals surface area contributed by atoms with E-state index in [9.17, 15) is 9.59 Å². The molecule has 0 radical (unpaired) electrons. The monoisotopic (exact) mass is 264 g/mol. The van der Waals surface area contributed by atoms with E-state index in [0.717, 1.165) is 5.56 Å². The molecule has 0 aromatic heterocycles. The van der Waals surface area contributed by atoms with Gasteiger partial charge in [-0.1, -0.05) is 26.0 Å². The van der Waals surface area contributed by atoms with Crippen LogP contribution < -0.4 is 11.1 Å². The van der Waals surface area contributed by atoms with E-state index in [-0.39, 0.29) is 11.8 Å². The minimum Gasteiger partial charge on any atom is -0.467 e. The Balaban J connectivity index is 2.94. The van der Waals surface area contributed by atoms with E-state index in [1.54, 1.807) is 12.1 Å². The van der Waals surface area contributed by atoms with Crippen LogP contribution >= 0.6 is 0 Å². The Bertz CT molecular complexity index is 484. The van der Waals surface area contributed by atoms with Crippen molar-refractivity contribution in [3.8, 4) is 0 Å². The minimum atomic E-state index is -0.683. The molecule has 0 saturated heterocycles. The second-order valence-corrected chi connectivity index (χ2v) is 4.75. The largest absolute Gasteiger partial charge is 0.467 e. The van der Waals surface area contributed by atoms with Gasteiger partial charge in [-0.05, 0) is 24.5 Å². The lowest BCUT2D eigenvalue weighted by molar-refractivity contribution is -0.144. The van der Waals surface area contributed by atoms with Crippen LogP contribution in [0.3, 0.4) is 0 Å². The number of nitrogens with two attached hydrogens (primary N) is 1. The lowest BCUT2D eigenvalue weighted by Gasteiger charge is -2.20. The summed E-state index contributed by atoms with van der Waals surface area (Å²) in [4.78, 5) is 23.8. The summed E-state index contributed by atoms with van der Waals surface area (Å²) in [7, 11) is 1.30. The van der Waals surface area contributed by atoms with Crippen LogP contribution in [-0.2, 0) is 9.53 Å². The first-order chi connectivity index (χ1) is 8.88. The fourth-order valence-electron chi connectivity index (χ4n) is 1.72. The molecule has 0 heterocycles. The van der Waals surface area contributed by atoms with Crippen molar-refractivity contribution in [2.45, 2.75) is 26.8 Å². The molecule has 3 N–H and O–H groups in total. The number of carbonyl (C=O) groups is 2. The number of nitrogen functional groups attached to an aromatic ring is 1. The highest BCUT2D eigenvalue weighted by Gasteiger charge is 2.26. The van der Waals surface area contributed by atoms with Crippen LogP contribution in [0.5, 0.6) is 0 Å². The number of esters is 1. The molecule has 0 saturated carbocycles. The van der Waals surface area contributed by atoms with Crippen LogP contribution in [-0.4, -0.2) is 25.0 Å². The molecule has 1 unspecified atom stereocenters. The number of amides is 1. The molecule has 1 aromatic rings. The van der Waals surface area contributed by atoms with Crippen LogP contribution in [0.4, 0.5) is 5.69 Å². The summed E-state index contributed by atoms with van der Waals surface area (Å²) >= 11 is 0. The zero-order chi connectivity index (χ0) is 14.6. The van der Waals surface area contributed by atoms with Crippen LogP contribution in [0.25, 0.3) is 0 Å². The highest BCUT2D eigenvalue weighted by atomic mass is 16.5. The number of carbonyl (C=O) groups excluding carboxylic acids is 2. The lowest BCUT2D eigenvalue weighted by Crippen LogP contribution is -2.45. The number of hydrogen-bond acceptors (Lipinski definition) is 4. The number of rotatable bonds is 4. The van der Waals surface area contributed by atoms with Crippen LogP contribution in [0.1, 0.15) is 29.8 Å². The van der Waals surface area contributed by atoms with Crippen LogP contribution in [0.15, 0.2) is 18.2 Å². The van der Waals surface area contributed by atoms with Gasteiger partial charge in [-0.15, -0.1) is 0 Å². The first-order valence-corrected chi connectivity index (χ1v) is 6.12. The summed E-state index contributed by atoms with van der Waals surface area (Å²) in [5.41, 5.74) is 7.49. The normalized spacial score (nSPS) is 12.1. The summed E-state index contributed by atoms with van der Waals surface area (Å²) in [6, 6.07) is 4.53. The predicted octanol–water partition coefficient (Wildman–Crippen LogP) is 1.50. The van der Waals surface area contributed by atoms with E-state index >= 15 is 0 Å². The fourth-order valence-corrected chi connectivity index (χ4v) is 1.72. The molecule has 1 amide bonds. The molecular weight excluding hydrogens is 244 g/mol. The van der Waals surface area contributed by atoms with Gasteiger partial charge in [0.15, 0.2) is 0 Å². The molecule has 0 bridgehead atoms. The molecular formula is C14H20N2O3. The Morgan fingerprint density at radius 3 is 2.47 bits per heavy atom. The van der Waals surface area contributed by atoms with Gasteiger partial charge in [-0.25, -0.2) is 4.79 Å². The SMILES string of the molecule is COC(=O)C(NC(=O)c1cccc(C)c1N)C(C)C. The molecule has 5 heteroatoms. The topological polar surface area (TPSA) is 81.4 Å². The van der Waals surface area contributed by atoms with Gasteiger partial charge in [0.05, 0.1) is 12.7 Å². The molecule has 0 aliphatic rings. The summed E-state index contributed by atoms with van der Waals surface area (Å²) < 4.78 is 4.68. The molecule has 0 aliphatic heterocycles. The number of nitrogens with one attached hydrogen (secondary N) is 1. The van der Waals surface area contributed by atoms with E-state index in [2.05, 4.69) is 10.1 Å². The quantitative estimate of drug-likeness (QED) is 0.638. The number of ether oxygens (including phenoxy) is 1. The van der Waals surface area contributed by atoms with Crippen LogP contribution in [0.2, 0.25) is 0 Å². The van der Waals surface area contributed by atoms with Gasteiger partial charge < -0.3 is 15.8 Å². The highest BCUT2D eigenvalue weighted by molar-refractivity contribution is 6.01. The van der Waals surface area contributed by atoms with Gasteiger partial charge in [0, 0.05) is 5.69 Å². The van der Waals surface area contributed by atoms with Gasteiger partial charge in [0.1, 0.15) is 6.04 Å². The maximum absolute atomic E-state index is 12.2. The van der Waals surface area contributed by atoms with Gasteiger partial charge in [-0.3, -0.25) is 4.79 Å². The second-order valence-electron chi connectivity index (χ2n) is 4.75. The standard InChI is InChI=1S/C14H20N2O3/c1-8(2)12(14(18)19-4)16-13(17)10-7-5-6-9(3)11(10)15/h5-8,12H,15H2,1-4H3,(H,16,17). The lowest BCUT2D eigenvalue weighted by atomic mass is 10.0. The molecule has 0 spiro atoms. The van der Waals surface area contributed by atoms with Crippen molar-refractivity contribution in [3.05, 3.63) is 29.3 Å². The van der Waals surface area contributed by atoms with Gasteiger partial charge in [-0.2, -0.15) is 0 Å². The van der Waals surface area contributed by atoms with E-state index in [1.807, 2.05) is 26.8 Å². The maximum atomic E-state index is 12.2. The molecule has 1 atom stereocenters. The van der Waals surface area contributed by atoms with E-state index in [0.29, 0.717) is 11.3 Å². The number of aryl methyl sites for hydroxylation is 1. The van der Waals surface area contributed by atoms with Gasteiger partial charge >= 0.3 is 5.97 Å². The van der Waals surface area contributed by atoms with Crippen molar-refractivity contribution in [2.24, 2.45) is 5.92 Å². The predicted molar refractivity (Wildman–Crippen MR) is 73.7 cm³/mol. The number of hydrogen-bond donors (Lipinski definition) is 2. The summed E-state index contributed by atoms with van der Waals surface area (Å²) in [6.07, 6.45) is 0. The minimum absolute atomic E-state index is 0.0672. The number of para-hydroxylation sites is 1. The average molecular weight is 264 g/mol. The zero-order valence-electron chi connectivity index (χ0n) is 11.7. The number of methoxy groups -OCH3 is 1. The average Bonchev–Trinajstić information content (AvgIpc) is 2.37. The fraction of sp³-hybridized carbons (Fsp3) is 0.429. The Hall–Kier alpha value is -2.04. The first-order valence-electron chi connectivity index (χ1n) is 6.12. The highest BCUT2D eigenvalue weighted by Crippen LogP contribution is 2.17. The number of anilines is 1. The first kappa shape index (κ1) is 15.0. The van der Waals surface area contributed by atoms with Gasteiger partial charge in [0.2, 0.25) is 0 Å². The molecule has 5 nitrogen and oxygen atoms in total. The Labute approximate surface area is 113 Å². The number of benzene rings is 1. The Morgan fingerprint density at radius 1 is 1.32 bits per heavy atom. The van der Waals surface area contributed by atoms with Crippen molar-refractivity contribution in [1.29, 1.82) is 0 Å². The summed E-state index contributed by atoms with van der Waals surface area (Å²) in [5, 5.41) is 2.66. The summed E-state index contributed by atoms with van der Waals surface area (Å²) in [5.74, 6) is -0.901. The third kappa shape index (κ3) is 3.47. The third-order valence-electron chi connectivity index (χ3n) is 2.98.